The van der Waals surface area contributed by atoms with Crippen LogP contribution in [0.15, 0.2) is 54.0 Å². The molecule has 7 rings (SSSR count). The number of nitrogens with zero attached hydrogens (tertiary/aromatic N) is 1. The van der Waals surface area contributed by atoms with Crippen LogP contribution in [0.2, 0.25) is 0 Å². The van der Waals surface area contributed by atoms with Crippen molar-refractivity contribution in [2.45, 2.75) is 6.54 Å². The molecule has 0 unspecified atom stereocenters. The lowest BCUT2D eigenvalue weighted by Gasteiger charge is -2.44. The van der Waals surface area contributed by atoms with E-state index in [0.717, 1.165) is 16.8 Å². The maximum Gasteiger partial charge on any atom is 0.226 e. The SMILES string of the molecule is Fc1c(F)c(F)c([B-](c2c(F)c(F)c(F)c(F)c2F)(c2c(F)c(F)c(F)c(F)c2F)c2c(F)c(F)c(F)c(F)c2F)c(F)c1F.Fc1cccc2c1sc[n+]2Cc1ccccc1. The van der Waals surface area contributed by atoms with Gasteiger partial charge in [0, 0.05) is 11.6 Å². The van der Waals surface area contributed by atoms with Crippen LogP contribution in [0.5, 0.6) is 0 Å². The zero-order valence-corrected chi connectivity index (χ0v) is 30.1. The molecule has 0 amide bonds. The minimum Gasteiger partial charge on any atom is -0.207 e. The monoisotopic (exact) mass is 923 g/mol. The standard InChI is InChI=1S/C24BF20.C14H11FNS/c26-5-1(6(27)14(35)21(42)13(5)34)25(2-7(28)15(36)22(43)16(37)8(2)29,3-9(30)17(38)23(44)18(39)10(3)31)4-11(32)19(40)24(45)20(41)12(4)33;15-12-7-4-8-13-14(12)17-10-16(13)9-11-5-2-1-3-6-11/h;1-8,10H,9H2/q-1;+1. The molecule has 0 aliphatic heterocycles. The van der Waals surface area contributed by atoms with Crippen molar-refractivity contribution in [1.29, 1.82) is 0 Å². The molecule has 1 heterocycles. The number of fused-ring (bicyclic) bond motifs is 1. The predicted molar refractivity (Wildman–Crippen MR) is 177 cm³/mol. The average Bonchev–Trinajstić information content (AvgIpc) is 3.67. The second kappa shape index (κ2) is 16.6. The Hall–Kier alpha value is -6.20. The molecule has 1 nitrogen and oxygen atoms in total. The van der Waals surface area contributed by atoms with E-state index in [1.54, 1.807) is 6.07 Å². The number of rotatable bonds is 6. The Morgan fingerprint density at radius 3 is 0.935 bits per heavy atom. The molecular weight excluding hydrogens is 912 g/mol. The van der Waals surface area contributed by atoms with Crippen molar-refractivity contribution >= 4 is 49.6 Å². The van der Waals surface area contributed by atoms with Gasteiger partial charge in [0.15, 0.2) is 76.4 Å². The molecule has 0 radical (unpaired) electrons. The summed E-state index contributed by atoms with van der Waals surface area (Å²) < 4.78 is 310. The molecular formula is C38H11BF21NS. The number of hydrogen-bond acceptors (Lipinski definition) is 1. The molecule has 7 aromatic rings. The highest BCUT2D eigenvalue weighted by Gasteiger charge is 2.52. The van der Waals surface area contributed by atoms with Crippen LogP contribution in [-0.2, 0) is 6.54 Å². The van der Waals surface area contributed by atoms with Gasteiger partial charge in [-0.1, -0.05) is 47.7 Å². The van der Waals surface area contributed by atoms with Crippen LogP contribution in [0.4, 0.5) is 92.2 Å². The first kappa shape index (κ1) is 45.3. The van der Waals surface area contributed by atoms with Gasteiger partial charge in [-0.25, -0.2) is 92.2 Å². The lowest BCUT2D eigenvalue weighted by molar-refractivity contribution is -0.658. The molecule has 0 N–H and O–H groups in total. The quantitative estimate of drug-likeness (QED) is 0.0516. The summed E-state index contributed by atoms with van der Waals surface area (Å²) in [6.45, 7) is 0.782. The molecule has 0 bridgehead atoms. The van der Waals surface area contributed by atoms with Gasteiger partial charge in [-0.3, -0.25) is 0 Å². The molecule has 0 atom stereocenters. The number of hydrogen-bond donors (Lipinski definition) is 0. The van der Waals surface area contributed by atoms with Crippen LogP contribution in [0.1, 0.15) is 5.56 Å². The maximum absolute atomic E-state index is 15.4. The number of halogens is 21. The van der Waals surface area contributed by atoms with Gasteiger partial charge in [0.2, 0.25) is 11.0 Å². The summed E-state index contributed by atoms with van der Waals surface area (Å²) >= 11 is 1.45. The smallest absolute Gasteiger partial charge is 0.207 e. The third kappa shape index (κ3) is 6.78. The highest BCUT2D eigenvalue weighted by molar-refractivity contribution is 7.20. The van der Waals surface area contributed by atoms with Crippen molar-refractivity contribution < 1.29 is 96.8 Å². The first-order valence-electron chi connectivity index (χ1n) is 16.4. The van der Waals surface area contributed by atoms with E-state index in [0.29, 0.717) is 0 Å². The molecule has 0 saturated carbocycles. The highest BCUT2D eigenvalue weighted by Crippen LogP contribution is 2.31. The summed E-state index contributed by atoms with van der Waals surface area (Å²) in [7, 11) is 0. The third-order valence-electron chi connectivity index (χ3n) is 9.46. The lowest BCUT2D eigenvalue weighted by Crippen LogP contribution is -2.81. The van der Waals surface area contributed by atoms with Gasteiger partial charge in [0.25, 0.3) is 0 Å². The maximum atomic E-state index is 15.4. The lowest BCUT2D eigenvalue weighted by atomic mass is 9.12. The zero-order valence-electron chi connectivity index (χ0n) is 29.3. The van der Waals surface area contributed by atoms with Crippen molar-refractivity contribution in [3.8, 4) is 0 Å². The van der Waals surface area contributed by atoms with Crippen molar-refractivity contribution in [1.82, 2.24) is 0 Å². The Bertz CT molecular complexity index is 2570. The predicted octanol–water partition coefficient (Wildman–Crippen LogP) is 9.22. The van der Waals surface area contributed by atoms with Gasteiger partial charge < -0.3 is 0 Å². The number of thiazole rings is 1. The Kier molecular flexibility index (Phi) is 12.1. The van der Waals surface area contributed by atoms with Gasteiger partial charge in [0.1, 0.15) is 63.2 Å². The van der Waals surface area contributed by atoms with Crippen LogP contribution in [0, 0.1) is 122 Å². The van der Waals surface area contributed by atoms with Gasteiger partial charge in [-0.05, 0) is 6.07 Å². The van der Waals surface area contributed by atoms with Crippen molar-refractivity contribution in [3.63, 3.8) is 0 Å². The van der Waals surface area contributed by atoms with Crippen LogP contribution < -0.4 is 26.4 Å². The molecule has 0 saturated heterocycles. The highest BCUT2D eigenvalue weighted by atomic mass is 32.1. The van der Waals surface area contributed by atoms with E-state index in [1.165, 1.54) is 23.0 Å². The number of aromatic nitrogens is 1. The Morgan fingerprint density at radius 2 is 0.629 bits per heavy atom. The summed E-state index contributed by atoms with van der Waals surface area (Å²) in [5.74, 6) is -71.5. The summed E-state index contributed by atoms with van der Waals surface area (Å²) in [6, 6.07) is 15.4. The van der Waals surface area contributed by atoms with Crippen LogP contribution >= 0.6 is 11.3 Å². The van der Waals surface area contributed by atoms with Crippen LogP contribution in [0.3, 0.4) is 0 Å². The Morgan fingerprint density at radius 1 is 0.339 bits per heavy atom. The molecule has 0 aliphatic rings. The minimum absolute atomic E-state index is 0.140. The number of benzene rings is 6. The first-order chi connectivity index (χ1) is 29.0. The molecule has 62 heavy (non-hydrogen) atoms. The van der Waals surface area contributed by atoms with Gasteiger partial charge in [0.05, 0.1) is 0 Å². The molecule has 24 heteroatoms. The van der Waals surface area contributed by atoms with E-state index in [2.05, 4.69) is 16.7 Å². The van der Waals surface area contributed by atoms with Crippen LogP contribution in [-0.4, -0.2) is 6.15 Å². The average molecular weight is 923 g/mol. The third-order valence-corrected chi connectivity index (χ3v) is 10.5. The molecule has 6 aromatic carbocycles. The van der Waals surface area contributed by atoms with Crippen molar-refractivity contribution in [2.24, 2.45) is 0 Å². The second-order valence-corrected chi connectivity index (χ2v) is 13.6. The van der Waals surface area contributed by atoms with E-state index < -0.39 is 144 Å². The minimum atomic E-state index is -7.22. The van der Waals surface area contributed by atoms with E-state index in [9.17, 15) is 57.1 Å². The van der Waals surface area contributed by atoms with E-state index in [4.69, 9.17) is 0 Å². The summed E-state index contributed by atoms with van der Waals surface area (Å²) in [5, 5.41) is 0. The van der Waals surface area contributed by atoms with E-state index in [1.807, 2.05) is 29.8 Å². The first-order valence-corrected chi connectivity index (χ1v) is 17.2. The topological polar surface area (TPSA) is 3.88 Å². The van der Waals surface area contributed by atoms with E-state index >= 15 is 35.1 Å². The fraction of sp³-hybridized carbons (Fsp3) is 0.0263. The molecule has 0 fully saturated rings. The van der Waals surface area contributed by atoms with Gasteiger partial charge in [-0.2, -0.15) is 4.57 Å². The van der Waals surface area contributed by atoms with Gasteiger partial charge in [-0.15, -0.1) is 21.9 Å². The zero-order chi connectivity index (χ0) is 46.0. The van der Waals surface area contributed by atoms with E-state index in [-0.39, 0.29) is 5.82 Å². The second-order valence-electron chi connectivity index (χ2n) is 12.7. The summed E-state index contributed by atoms with van der Waals surface area (Å²) in [6.07, 6.45) is -7.22. The van der Waals surface area contributed by atoms with Crippen molar-refractivity contribution in [3.05, 3.63) is 182 Å². The molecule has 0 aliphatic carbocycles. The Labute approximate surface area is 334 Å². The molecule has 0 spiro atoms. The summed E-state index contributed by atoms with van der Waals surface area (Å²) in [4.78, 5) is 0. The summed E-state index contributed by atoms with van der Waals surface area (Å²) in [5.41, 5.74) is -10.2. The fourth-order valence-corrected chi connectivity index (χ4v) is 7.70. The largest absolute Gasteiger partial charge is 0.226 e. The fourth-order valence-electron chi connectivity index (χ4n) is 6.79. The van der Waals surface area contributed by atoms with Crippen LogP contribution in [0.25, 0.3) is 10.2 Å². The van der Waals surface area contributed by atoms with Gasteiger partial charge >= 0.3 is 0 Å². The molecule has 1 aromatic heterocycles. The van der Waals surface area contributed by atoms with Crippen molar-refractivity contribution in [2.75, 3.05) is 0 Å². The normalized spacial score (nSPS) is 11.7. The Balaban J connectivity index is 0.000000311. The molecule has 324 valence electrons.